The van der Waals surface area contributed by atoms with Crippen molar-refractivity contribution in [3.63, 3.8) is 0 Å². The topological polar surface area (TPSA) is 18.5 Å². The highest BCUT2D eigenvalue weighted by molar-refractivity contribution is 4.80. The molecule has 0 saturated heterocycles. The van der Waals surface area contributed by atoms with Crippen molar-refractivity contribution in [3.05, 3.63) is 24.8 Å². The Morgan fingerprint density at radius 1 is 0.792 bits per heavy atom. The average Bonchev–Trinajstić information content (AvgIpc) is 2.61. The van der Waals surface area contributed by atoms with Crippen molar-refractivity contribution in [2.75, 3.05) is 26.4 Å². The highest BCUT2D eigenvalue weighted by atomic mass is 16.5. The maximum Gasteiger partial charge on any atom is 0.0647 e. The third-order valence-electron chi connectivity index (χ3n) is 3.00. The molecule has 24 heavy (non-hydrogen) atoms. The summed E-state index contributed by atoms with van der Waals surface area (Å²) >= 11 is 0. The molecule has 0 aromatic carbocycles. The lowest BCUT2D eigenvalue weighted by atomic mass is 9.84. The molecule has 0 unspecified atom stereocenters. The van der Waals surface area contributed by atoms with E-state index in [1.165, 1.54) is 12.8 Å². The summed E-state index contributed by atoms with van der Waals surface area (Å²) in [5.74, 6) is 0. The Balaban J connectivity index is -0.000000211. The van der Waals surface area contributed by atoms with Crippen molar-refractivity contribution in [1.82, 2.24) is 0 Å². The Morgan fingerprint density at radius 2 is 1.17 bits per heavy atom. The summed E-state index contributed by atoms with van der Waals surface area (Å²) in [5, 5.41) is 0. The monoisotopic (exact) mass is 344 g/mol. The van der Waals surface area contributed by atoms with Crippen LogP contribution in [0.25, 0.3) is 0 Å². The molecular weight excluding hydrogens is 296 g/mol. The fourth-order valence-corrected chi connectivity index (χ4v) is 1.50. The smallest absolute Gasteiger partial charge is 0.0647 e. The Labute approximate surface area is 154 Å². The van der Waals surface area contributed by atoms with Crippen molar-refractivity contribution in [3.8, 4) is 0 Å². The van der Waals surface area contributed by atoms with E-state index in [2.05, 4.69) is 48.1 Å². The molecule has 0 amide bonds. The molecule has 0 atom stereocenters. The van der Waals surface area contributed by atoms with Gasteiger partial charge in [-0.3, -0.25) is 0 Å². The van der Waals surface area contributed by atoms with Gasteiger partial charge in [0.1, 0.15) is 0 Å². The van der Waals surface area contributed by atoms with E-state index in [1.54, 1.807) is 6.08 Å². The lowest BCUT2D eigenvalue weighted by Crippen LogP contribution is -2.31. The first-order valence-electron chi connectivity index (χ1n) is 9.95. The molecule has 148 valence electrons. The molecule has 0 aliphatic carbocycles. The quantitative estimate of drug-likeness (QED) is 0.303. The third-order valence-corrected chi connectivity index (χ3v) is 3.00. The Bertz CT molecular complexity index is 216. The van der Waals surface area contributed by atoms with Crippen molar-refractivity contribution >= 4 is 0 Å². The van der Waals surface area contributed by atoms with Gasteiger partial charge in [0.05, 0.1) is 26.4 Å². The molecule has 0 saturated carbocycles. The Hall–Kier alpha value is -0.600. The predicted octanol–water partition coefficient (Wildman–Crippen LogP) is 7.45. The van der Waals surface area contributed by atoms with Crippen LogP contribution in [-0.2, 0) is 9.47 Å². The van der Waals surface area contributed by atoms with Gasteiger partial charge >= 0.3 is 0 Å². The molecule has 0 N–H and O–H groups in total. The van der Waals surface area contributed by atoms with Gasteiger partial charge in [-0.15, -0.1) is 6.58 Å². The fourth-order valence-electron chi connectivity index (χ4n) is 1.50. The van der Waals surface area contributed by atoms with Gasteiger partial charge in [-0.05, 0) is 19.8 Å². The summed E-state index contributed by atoms with van der Waals surface area (Å²) in [4.78, 5) is 0. The first kappa shape index (κ1) is 31.2. The van der Waals surface area contributed by atoms with Gasteiger partial charge in [0, 0.05) is 5.41 Å². The van der Waals surface area contributed by atoms with Gasteiger partial charge in [-0.25, -0.2) is 0 Å². The highest BCUT2D eigenvalue weighted by Crippen LogP contribution is 2.27. The van der Waals surface area contributed by atoms with Crippen LogP contribution in [0.5, 0.6) is 0 Å². The van der Waals surface area contributed by atoms with Crippen LogP contribution in [0.2, 0.25) is 0 Å². The van der Waals surface area contributed by atoms with E-state index < -0.39 is 0 Å². The SMILES string of the molecule is C=CCOCC(CC)(CC)COCC=CC.CC.CCC.CCC. The minimum atomic E-state index is 0.157. The van der Waals surface area contributed by atoms with Crippen molar-refractivity contribution < 1.29 is 9.47 Å². The molecule has 2 nitrogen and oxygen atoms in total. The van der Waals surface area contributed by atoms with E-state index >= 15 is 0 Å². The van der Waals surface area contributed by atoms with Crippen LogP contribution in [0.15, 0.2) is 24.8 Å². The number of hydrogen-bond donors (Lipinski definition) is 0. The van der Waals surface area contributed by atoms with Gasteiger partial charge in [-0.2, -0.15) is 0 Å². The molecule has 0 spiro atoms. The van der Waals surface area contributed by atoms with Crippen LogP contribution >= 0.6 is 0 Å². The van der Waals surface area contributed by atoms with Gasteiger partial charge in [0.2, 0.25) is 0 Å². The molecule has 0 aromatic rings. The highest BCUT2D eigenvalue weighted by Gasteiger charge is 2.26. The lowest BCUT2D eigenvalue weighted by molar-refractivity contribution is -0.0138. The normalized spacial score (nSPS) is 9.88. The van der Waals surface area contributed by atoms with Crippen LogP contribution in [0, 0.1) is 5.41 Å². The molecule has 0 aromatic heterocycles. The molecule has 0 radical (unpaired) electrons. The lowest BCUT2D eigenvalue weighted by Gasteiger charge is -2.30. The summed E-state index contributed by atoms with van der Waals surface area (Å²) in [6.45, 7) is 25.4. The molecule has 2 heteroatoms. The van der Waals surface area contributed by atoms with E-state index in [4.69, 9.17) is 9.47 Å². The molecule has 0 bridgehead atoms. The van der Waals surface area contributed by atoms with Gasteiger partial charge in [-0.1, -0.05) is 86.5 Å². The van der Waals surface area contributed by atoms with Crippen molar-refractivity contribution in [2.45, 2.75) is 88.0 Å². The summed E-state index contributed by atoms with van der Waals surface area (Å²) < 4.78 is 11.2. The summed E-state index contributed by atoms with van der Waals surface area (Å²) in [6.07, 6.45) is 10.5. The van der Waals surface area contributed by atoms with Gasteiger partial charge in [0.25, 0.3) is 0 Å². The minimum Gasteiger partial charge on any atom is -0.377 e. The summed E-state index contributed by atoms with van der Waals surface area (Å²) in [5.41, 5.74) is 0.157. The average molecular weight is 345 g/mol. The van der Waals surface area contributed by atoms with Crippen LogP contribution in [-0.4, -0.2) is 26.4 Å². The number of allylic oxidation sites excluding steroid dienone is 1. The second kappa shape index (κ2) is 30.3. The van der Waals surface area contributed by atoms with Crippen LogP contribution in [0.1, 0.15) is 88.0 Å². The zero-order valence-electron chi connectivity index (χ0n) is 18.4. The first-order chi connectivity index (χ1) is 11.6. The molecule has 0 heterocycles. The third kappa shape index (κ3) is 26.3. The van der Waals surface area contributed by atoms with Crippen LogP contribution < -0.4 is 0 Å². The van der Waals surface area contributed by atoms with E-state index in [9.17, 15) is 0 Å². The van der Waals surface area contributed by atoms with E-state index in [-0.39, 0.29) is 5.41 Å². The Kier molecular flexibility index (Phi) is 39.4. The summed E-state index contributed by atoms with van der Waals surface area (Å²) in [7, 11) is 0. The first-order valence-corrected chi connectivity index (χ1v) is 9.95. The second-order valence-electron chi connectivity index (χ2n) is 5.51. The van der Waals surface area contributed by atoms with Gasteiger partial charge < -0.3 is 9.47 Å². The fraction of sp³-hybridized carbons (Fsp3) is 0.818. The number of hydrogen-bond acceptors (Lipinski definition) is 2. The van der Waals surface area contributed by atoms with Crippen LogP contribution in [0.3, 0.4) is 0 Å². The van der Waals surface area contributed by atoms with E-state index in [0.717, 1.165) is 26.1 Å². The number of rotatable bonds is 10. The molecule has 0 aliphatic rings. The number of ether oxygens (including phenoxy) is 2. The Morgan fingerprint density at radius 3 is 1.46 bits per heavy atom. The van der Waals surface area contributed by atoms with Crippen molar-refractivity contribution in [1.29, 1.82) is 0 Å². The van der Waals surface area contributed by atoms with Crippen molar-refractivity contribution in [2.24, 2.45) is 5.41 Å². The summed E-state index contributed by atoms with van der Waals surface area (Å²) in [6, 6.07) is 0. The maximum absolute atomic E-state index is 5.66. The van der Waals surface area contributed by atoms with Crippen LogP contribution in [0.4, 0.5) is 0 Å². The second-order valence-corrected chi connectivity index (χ2v) is 5.51. The predicted molar refractivity (Wildman–Crippen MR) is 113 cm³/mol. The van der Waals surface area contributed by atoms with E-state index in [0.29, 0.717) is 13.2 Å². The molecular formula is C22H48O2. The standard InChI is InChI=1S/C14H26O2.2C3H8.C2H6/c1-5-9-11-16-13-14(7-3,8-4)12-15-10-6-2;2*1-3-2;1-2/h5-6,9H,2,7-8,10-13H2,1,3-4H3;2*3H2,1-2H3;1-2H3. The zero-order valence-corrected chi connectivity index (χ0v) is 18.4. The van der Waals surface area contributed by atoms with E-state index in [1.807, 2.05) is 32.9 Å². The maximum atomic E-state index is 5.66. The largest absolute Gasteiger partial charge is 0.377 e. The molecule has 0 rings (SSSR count). The zero-order chi connectivity index (χ0) is 19.7. The van der Waals surface area contributed by atoms with Gasteiger partial charge in [0.15, 0.2) is 0 Å². The molecule has 0 fully saturated rings. The minimum absolute atomic E-state index is 0.157. The molecule has 0 aliphatic heterocycles.